The van der Waals surface area contributed by atoms with Gasteiger partial charge in [0.25, 0.3) is 0 Å². The number of carboxylic acids is 1. The van der Waals surface area contributed by atoms with Gasteiger partial charge in [0, 0.05) is 22.6 Å². The molecule has 0 amide bonds. The second-order valence-corrected chi connectivity index (χ2v) is 13.4. The minimum Gasteiger partial charge on any atom is -0.481 e. The first-order chi connectivity index (χ1) is 19.2. The molecule has 0 aliphatic heterocycles. The molecule has 2 N–H and O–H groups in total. The van der Waals surface area contributed by atoms with E-state index in [2.05, 4.69) is 60.7 Å². The smallest absolute Gasteiger partial charge is 0.303 e. The molecule has 5 rings (SSSR count). The highest BCUT2D eigenvalue weighted by atomic mass is 32.2. The Hall–Kier alpha value is -2.89. The first-order valence-electron chi connectivity index (χ1n) is 14.6. The Morgan fingerprint density at radius 1 is 1.07 bits per heavy atom. The van der Waals surface area contributed by atoms with Crippen LogP contribution in [0.2, 0.25) is 0 Å². The van der Waals surface area contributed by atoms with Gasteiger partial charge in [0.15, 0.2) is 0 Å². The van der Waals surface area contributed by atoms with E-state index in [4.69, 9.17) is 4.98 Å². The van der Waals surface area contributed by atoms with Crippen molar-refractivity contribution in [2.24, 2.45) is 5.41 Å². The molecule has 210 valence electrons. The SMILES string of the molecule is CC(C)(O)c1ccccc1CC[C@@H](SCC1(CC(=O)O)CC1)c1cccc(/C=C/c2cccc(C3CCC3)n2)c1. The Kier molecular flexibility index (Phi) is 8.82. The van der Waals surface area contributed by atoms with Crippen molar-refractivity contribution >= 4 is 29.9 Å². The maximum atomic E-state index is 11.5. The molecule has 0 radical (unpaired) electrons. The third-order valence-electron chi connectivity index (χ3n) is 8.47. The van der Waals surface area contributed by atoms with Gasteiger partial charge in [-0.15, -0.1) is 0 Å². The molecule has 40 heavy (non-hydrogen) atoms. The molecular weight excluding hydrogens is 514 g/mol. The number of aliphatic carboxylic acids is 1. The molecule has 1 atom stereocenters. The molecule has 2 aliphatic carbocycles. The van der Waals surface area contributed by atoms with Gasteiger partial charge in [-0.05, 0) is 98.2 Å². The van der Waals surface area contributed by atoms with Crippen molar-refractivity contribution in [3.8, 4) is 0 Å². The highest BCUT2D eigenvalue weighted by Crippen LogP contribution is 2.53. The van der Waals surface area contributed by atoms with Gasteiger partial charge in [-0.1, -0.05) is 67.1 Å². The first kappa shape index (κ1) is 28.6. The van der Waals surface area contributed by atoms with Crippen molar-refractivity contribution in [3.63, 3.8) is 0 Å². The fraction of sp³-hybridized carbons (Fsp3) is 0.429. The Morgan fingerprint density at radius 2 is 1.85 bits per heavy atom. The Labute approximate surface area is 243 Å². The number of hydrogen-bond donors (Lipinski definition) is 2. The van der Waals surface area contributed by atoms with Crippen molar-refractivity contribution in [1.29, 1.82) is 0 Å². The second kappa shape index (κ2) is 12.3. The molecule has 1 heterocycles. The Balaban J connectivity index is 1.34. The summed E-state index contributed by atoms with van der Waals surface area (Å²) in [6.45, 7) is 3.68. The maximum absolute atomic E-state index is 11.5. The molecule has 3 aromatic rings. The Morgan fingerprint density at radius 3 is 2.55 bits per heavy atom. The van der Waals surface area contributed by atoms with Crippen LogP contribution in [-0.2, 0) is 16.8 Å². The largest absolute Gasteiger partial charge is 0.481 e. The van der Waals surface area contributed by atoms with Gasteiger partial charge in [-0.3, -0.25) is 9.78 Å². The van der Waals surface area contributed by atoms with Gasteiger partial charge in [-0.2, -0.15) is 11.8 Å². The predicted molar refractivity (Wildman–Crippen MR) is 165 cm³/mol. The summed E-state index contributed by atoms with van der Waals surface area (Å²) in [7, 11) is 0. The molecule has 5 heteroatoms. The average molecular weight is 556 g/mol. The molecule has 4 nitrogen and oxygen atoms in total. The highest BCUT2D eigenvalue weighted by Gasteiger charge is 2.44. The van der Waals surface area contributed by atoms with Crippen molar-refractivity contribution in [2.75, 3.05) is 5.75 Å². The Bertz CT molecular complexity index is 1350. The van der Waals surface area contributed by atoms with E-state index in [-0.39, 0.29) is 17.1 Å². The minimum absolute atomic E-state index is 0.0611. The van der Waals surface area contributed by atoms with Crippen LogP contribution in [0.4, 0.5) is 0 Å². The molecule has 0 spiro atoms. The van der Waals surface area contributed by atoms with Crippen LogP contribution >= 0.6 is 11.8 Å². The number of hydrogen-bond acceptors (Lipinski definition) is 4. The van der Waals surface area contributed by atoms with Crippen LogP contribution in [0.1, 0.15) is 104 Å². The number of aryl methyl sites for hydroxylation is 1. The second-order valence-electron chi connectivity index (χ2n) is 12.2. The van der Waals surface area contributed by atoms with E-state index in [1.54, 1.807) is 0 Å². The molecule has 2 fully saturated rings. The number of benzene rings is 2. The fourth-order valence-corrected chi connectivity index (χ4v) is 7.22. The third-order valence-corrected chi connectivity index (χ3v) is 10.2. The first-order valence-corrected chi connectivity index (χ1v) is 15.6. The number of rotatable bonds is 13. The summed E-state index contributed by atoms with van der Waals surface area (Å²) in [5, 5.41) is 20.4. The lowest BCUT2D eigenvalue weighted by Gasteiger charge is -2.24. The summed E-state index contributed by atoms with van der Waals surface area (Å²) in [5.41, 5.74) is 5.78. The summed E-state index contributed by atoms with van der Waals surface area (Å²) in [6.07, 6.45) is 12.1. The molecule has 0 bridgehead atoms. The molecule has 2 aliphatic rings. The molecule has 0 unspecified atom stereocenters. The van der Waals surface area contributed by atoms with Crippen LogP contribution < -0.4 is 0 Å². The summed E-state index contributed by atoms with van der Waals surface area (Å²) in [5.74, 6) is 0.775. The van der Waals surface area contributed by atoms with E-state index >= 15 is 0 Å². The van der Waals surface area contributed by atoms with Crippen LogP contribution in [0.25, 0.3) is 12.2 Å². The summed E-state index contributed by atoms with van der Waals surface area (Å²) < 4.78 is 0. The van der Waals surface area contributed by atoms with Crippen LogP contribution in [0.15, 0.2) is 66.7 Å². The van der Waals surface area contributed by atoms with E-state index in [0.717, 1.165) is 48.3 Å². The quantitative estimate of drug-likeness (QED) is 0.222. The van der Waals surface area contributed by atoms with E-state index < -0.39 is 11.6 Å². The molecule has 2 aromatic carbocycles. The zero-order valence-corrected chi connectivity index (χ0v) is 24.5. The van der Waals surface area contributed by atoms with E-state index in [1.165, 1.54) is 36.1 Å². The fourth-order valence-electron chi connectivity index (χ4n) is 5.65. The standard InChI is InChI=1S/C35H41NO3S/c1-34(2,39)30-14-4-3-9-26(30)17-19-32(40-24-35(20-21-35)23-33(37)38)28-12-5-8-25(22-28)16-18-29-13-7-15-31(36-29)27-10-6-11-27/h3-5,7-9,12-16,18,22,27,32,39H,6,10-11,17,19-21,23-24H2,1-2H3,(H,37,38)/b18-16+/t32-/m1/s1. The molecular formula is C35H41NO3S. The monoisotopic (exact) mass is 555 g/mol. The number of aliphatic hydroxyl groups is 1. The summed E-state index contributed by atoms with van der Waals surface area (Å²) >= 11 is 1.89. The zero-order valence-electron chi connectivity index (χ0n) is 23.7. The van der Waals surface area contributed by atoms with Gasteiger partial charge in [0.2, 0.25) is 0 Å². The highest BCUT2D eigenvalue weighted by molar-refractivity contribution is 7.99. The summed E-state index contributed by atoms with van der Waals surface area (Å²) in [6, 6.07) is 23.2. The number of carbonyl (C=O) groups is 1. The van der Waals surface area contributed by atoms with Crippen LogP contribution in [-0.4, -0.2) is 26.9 Å². The number of nitrogens with zero attached hydrogens (tertiary/aromatic N) is 1. The number of aromatic nitrogens is 1. The van der Waals surface area contributed by atoms with Gasteiger partial charge in [-0.25, -0.2) is 0 Å². The van der Waals surface area contributed by atoms with Gasteiger partial charge < -0.3 is 10.2 Å². The van der Waals surface area contributed by atoms with Crippen LogP contribution in [0, 0.1) is 5.41 Å². The average Bonchev–Trinajstić information content (AvgIpc) is 3.65. The predicted octanol–water partition coefficient (Wildman–Crippen LogP) is 8.41. The number of thioether (sulfide) groups is 1. The minimum atomic E-state index is -0.895. The van der Waals surface area contributed by atoms with Crippen molar-refractivity contribution < 1.29 is 15.0 Å². The van der Waals surface area contributed by atoms with Crippen LogP contribution in [0.5, 0.6) is 0 Å². The topological polar surface area (TPSA) is 70.4 Å². The molecule has 1 aromatic heterocycles. The van der Waals surface area contributed by atoms with E-state index in [1.807, 2.05) is 43.8 Å². The number of carboxylic acid groups (broad SMARTS) is 1. The van der Waals surface area contributed by atoms with Crippen molar-refractivity contribution in [2.45, 2.75) is 82.0 Å². The van der Waals surface area contributed by atoms with Gasteiger partial charge >= 0.3 is 5.97 Å². The van der Waals surface area contributed by atoms with Gasteiger partial charge in [0.1, 0.15) is 0 Å². The lowest BCUT2D eigenvalue weighted by Crippen LogP contribution is -2.18. The summed E-state index contributed by atoms with van der Waals surface area (Å²) in [4.78, 5) is 16.4. The number of pyridine rings is 1. The van der Waals surface area contributed by atoms with Crippen LogP contribution in [0.3, 0.4) is 0 Å². The molecule has 0 saturated heterocycles. The van der Waals surface area contributed by atoms with E-state index in [9.17, 15) is 15.0 Å². The van der Waals surface area contributed by atoms with Crippen molar-refractivity contribution in [3.05, 3.63) is 100 Å². The third kappa shape index (κ3) is 7.44. The maximum Gasteiger partial charge on any atom is 0.303 e. The molecule has 2 saturated carbocycles. The normalized spacial score (nSPS) is 17.5. The van der Waals surface area contributed by atoms with E-state index in [0.29, 0.717) is 5.92 Å². The lowest BCUT2D eigenvalue weighted by molar-refractivity contribution is -0.138. The van der Waals surface area contributed by atoms with Crippen molar-refractivity contribution in [1.82, 2.24) is 4.98 Å². The zero-order chi connectivity index (χ0) is 28.2. The van der Waals surface area contributed by atoms with Gasteiger partial charge in [0.05, 0.1) is 17.7 Å². The lowest BCUT2D eigenvalue weighted by atomic mass is 9.82.